The maximum absolute atomic E-state index is 6.51. The first-order valence-corrected chi connectivity index (χ1v) is 9.92. The maximum atomic E-state index is 6.51. The summed E-state index contributed by atoms with van der Waals surface area (Å²) in [6.07, 6.45) is 8.72. The van der Waals surface area contributed by atoms with Crippen LogP contribution in [0.5, 0.6) is 0 Å². The molecule has 5 heteroatoms. The Kier molecular flexibility index (Phi) is 3.94. The Balaban J connectivity index is 1.77. The van der Waals surface area contributed by atoms with Crippen LogP contribution in [0, 0.1) is 23.7 Å². The van der Waals surface area contributed by atoms with Crippen LogP contribution in [-0.2, 0) is 15.0 Å². The fourth-order valence-electron chi connectivity index (χ4n) is 6.75. The average molecular weight is 397 g/mol. The van der Waals surface area contributed by atoms with E-state index in [0.29, 0.717) is 18.6 Å². The summed E-state index contributed by atoms with van der Waals surface area (Å²) in [5.74, 6) is 0.799. The van der Waals surface area contributed by atoms with Gasteiger partial charge >= 0.3 is 0 Å². The quantitative estimate of drug-likeness (QED) is 0.695. The molecule has 134 valence electrons. The van der Waals surface area contributed by atoms with Gasteiger partial charge in [0.15, 0.2) is 0 Å². The highest BCUT2D eigenvalue weighted by atomic mass is 79.9. The van der Waals surface area contributed by atoms with Crippen molar-refractivity contribution in [3.8, 4) is 0 Å². The smallest absolute Gasteiger partial charge is 0.0901 e. The third-order valence-corrected chi connectivity index (χ3v) is 7.51. The summed E-state index contributed by atoms with van der Waals surface area (Å²) in [4.78, 5) is 0. The Morgan fingerprint density at radius 1 is 1.25 bits per heavy atom. The van der Waals surface area contributed by atoms with Gasteiger partial charge in [0.2, 0.25) is 0 Å². The van der Waals surface area contributed by atoms with Crippen molar-refractivity contribution >= 4 is 15.9 Å². The van der Waals surface area contributed by atoms with Gasteiger partial charge in [-0.05, 0) is 71.7 Å². The second kappa shape index (κ2) is 5.55. The van der Waals surface area contributed by atoms with Crippen LogP contribution >= 0.6 is 15.9 Å². The van der Waals surface area contributed by atoms with Crippen molar-refractivity contribution in [1.29, 1.82) is 0 Å². The third-order valence-electron chi connectivity index (χ3n) is 6.73. The van der Waals surface area contributed by atoms with Crippen LogP contribution in [0.4, 0.5) is 0 Å². The van der Waals surface area contributed by atoms with Crippen molar-refractivity contribution in [2.45, 2.75) is 64.5 Å². The molecular weight excluding hydrogens is 368 g/mol. The predicted octanol–water partition coefficient (Wildman–Crippen LogP) is 4.30. The molecule has 0 spiro atoms. The van der Waals surface area contributed by atoms with E-state index in [2.05, 4.69) is 47.6 Å². The Bertz CT molecular complexity index is 628. The number of ether oxygens (including phenoxy) is 2. The van der Waals surface area contributed by atoms with E-state index in [-0.39, 0.29) is 17.1 Å². The first-order valence-electron chi connectivity index (χ1n) is 9.13. The van der Waals surface area contributed by atoms with Crippen molar-refractivity contribution in [3.63, 3.8) is 0 Å². The fourth-order valence-corrected chi connectivity index (χ4v) is 7.03. The van der Waals surface area contributed by atoms with Crippen LogP contribution in [0.15, 0.2) is 10.7 Å². The second-order valence-corrected chi connectivity index (χ2v) is 10.0. The Labute approximate surface area is 153 Å². The zero-order valence-electron chi connectivity index (χ0n) is 15.3. The molecule has 5 unspecified atom stereocenters. The summed E-state index contributed by atoms with van der Waals surface area (Å²) in [7, 11) is 1.74. The average Bonchev–Trinajstić information content (AvgIpc) is 2.80. The molecule has 4 saturated carbocycles. The van der Waals surface area contributed by atoms with Crippen LogP contribution in [0.2, 0.25) is 0 Å². The predicted molar refractivity (Wildman–Crippen MR) is 97.0 cm³/mol. The molecule has 0 N–H and O–H groups in total. The molecule has 0 amide bonds. The van der Waals surface area contributed by atoms with Gasteiger partial charge < -0.3 is 9.47 Å². The van der Waals surface area contributed by atoms with Crippen molar-refractivity contribution in [2.75, 3.05) is 20.3 Å². The first-order chi connectivity index (χ1) is 11.3. The Morgan fingerprint density at radius 3 is 2.67 bits per heavy atom. The van der Waals surface area contributed by atoms with Crippen LogP contribution in [0.3, 0.4) is 0 Å². The van der Waals surface area contributed by atoms with Crippen molar-refractivity contribution in [3.05, 3.63) is 16.4 Å². The van der Waals surface area contributed by atoms with Gasteiger partial charge in [0.05, 0.1) is 35.0 Å². The second-order valence-electron chi connectivity index (χ2n) is 9.15. The van der Waals surface area contributed by atoms with Gasteiger partial charge in [-0.1, -0.05) is 13.8 Å². The number of methoxy groups -OCH3 is 1. The van der Waals surface area contributed by atoms with Gasteiger partial charge in [0, 0.05) is 13.3 Å². The summed E-state index contributed by atoms with van der Waals surface area (Å²) in [5.41, 5.74) is 1.72. The maximum Gasteiger partial charge on any atom is 0.0901 e. The number of hydrogen-bond acceptors (Lipinski definition) is 3. The van der Waals surface area contributed by atoms with Crippen LogP contribution < -0.4 is 0 Å². The fraction of sp³-hybridized carbons (Fsp3) is 0.842. The molecule has 1 aromatic rings. The zero-order chi connectivity index (χ0) is 17.2. The molecule has 4 nitrogen and oxygen atoms in total. The topological polar surface area (TPSA) is 36.3 Å². The summed E-state index contributed by atoms with van der Waals surface area (Å²) in [5, 5.41) is 4.90. The van der Waals surface area contributed by atoms with Gasteiger partial charge in [-0.15, -0.1) is 0 Å². The lowest BCUT2D eigenvalue weighted by Crippen LogP contribution is -2.68. The van der Waals surface area contributed by atoms with Gasteiger partial charge in [-0.3, -0.25) is 4.68 Å². The zero-order valence-corrected chi connectivity index (χ0v) is 16.9. The largest absolute Gasteiger partial charge is 0.382 e. The molecule has 24 heavy (non-hydrogen) atoms. The van der Waals surface area contributed by atoms with Gasteiger partial charge in [-0.25, -0.2) is 0 Å². The Hall–Kier alpha value is -0.390. The molecule has 5 rings (SSSR count). The standard InChI is InChI=1S/C19H29BrN2O2/c1-13-15(20)10-22(21-13)19-9-14-7-17(2,12-19)11-18(3,8-14)16(19)24-6-5-23-4/h10,14,16H,5-9,11-12H2,1-4H3. The van der Waals surface area contributed by atoms with Gasteiger partial charge in [0.1, 0.15) is 0 Å². The highest BCUT2D eigenvalue weighted by molar-refractivity contribution is 9.10. The highest BCUT2D eigenvalue weighted by Gasteiger charge is 2.67. The van der Waals surface area contributed by atoms with E-state index in [1.807, 2.05) is 0 Å². The van der Waals surface area contributed by atoms with Crippen LogP contribution in [0.25, 0.3) is 0 Å². The molecule has 1 aromatic heterocycles. The molecule has 4 aliphatic rings. The minimum atomic E-state index is -0.00651. The summed E-state index contributed by atoms with van der Waals surface area (Å²) in [6.45, 7) is 8.34. The summed E-state index contributed by atoms with van der Waals surface area (Å²) >= 11 is 3.66. The summed E-state index contributed by atoms with van der Waals surface area (Å²) < 4.78 is 15.1. The molecule has 0 radical (unpaired) electrons. The third kappa shape index (κ3) is 2.42. The van der Waals surface area contributed by atoms with Crippen LogP contribution in [-0.4, -0.2) is 36.2 Å². The van der Waals surface area contributed by atoms with Gasteiger partial charge in [0.25, 0.3) is 0 Å². The molecule has 4 aliphatic carbocycles. The molecule has 4 bridgehead atoms. The molecule has 4 fully saturated rings. The molecule has 0 saturated heterocycles. The number of nitrogens with zero attached hydrogens (tertiary/aromatic N) is 2. The Morgan fingerprint density at radius 2 is 2.04 bits per heavy atom. The number of rotatable bonds is 5. The molecule has 5 atom stereocenters. The number of aromatic nitrogens is 2. The monoisotopic (exact) mass is 396 g/mol. The lowest BCUT2D eigenvalue weighted by atomic mass is 9.41. The molecule has 0 aliphatic heterocycles. The van der Waals surface area contributed by atoms with E-state index in [1.54, 1.807) is 7.11 Å². The van der Waals surface area contributed by atoms with E-state index in [1.165, 1.54) is 32.1 Å². The van der Waals surface area contributed by atoms with E-state index in [9.17, 15) is 0 Å². The van der Waals surface area contributed by atoms with E-state index in [0.717, 1.165) is 16.1 Å². The first kappa shape index (κ1) is 17.0. The van der Waals surface area contributed by atoms with E-state index >= 15 is 0 Å². The minimum absolute atomic E-state index is 0.00651. The normalized spacial score (nSPS) is 43.5. The number of aryl methyl sites for hydroxylation is 1. The molecule has 1 heterocycles. The van der Waals surface area contributed by atoms with E-state index < -0.39 is 0 Å². The number of halogens is 1. The molecular formula is C19H29BrN2O2. The number of hydrogen-bond donors (Lipinski definition) is 0. The lowest BCUT2D eigenvalue weighted by Gasteiger charge is -2.68. The molecule has 0 aromatic carbocycles. The van der Waals surface area contributed by atoms with Crippen molar-refractivity contribution in [2.24, 2.45) is 16.7 Å². The minimum Gasteiger partial charge on any atom is -0.382 e. The SMILES string of the molecule is COCCOC1C2(C)CC3CC(C)(C2)CC1(n1cc(Br)c(C)n1)C3. The highest BCUT2D eigenvalue weighted by Crippen LogP contribution is 2.69. The van der Waals surface area contributed by atoms with Crippen LogP contribution in [0.1, 0.15) is 51.6 Å². The van der Waals surface area contributed by atoms with E-state index in [4.69, 9.17) is 14.6 Å². The van der Waals surface area contributed by atoms with Crippen molar-refractivity contribution < 1.29 is 9.47 Å². The van der Waals surface area contributed by atoms with Crippen molar-refractivity contribution in [1.82, 2.24) is 9.78 Å². The summed E-state index contributed by atoms with van der Waals surface area (Å²) in [6, 6.07) is 0. The lowest BCUT2D eigenvalue weighted by molar-refractivity contribution is -0.240. The van der Waals surface area contributed by atoms with Gasteiger partial charge in [-0.2, -0.15) is 5.10 Å².